The van der Waals surface area contributed by atoms with Gasteiger partial charge in [-0.1, -0.05) is 0 Å². The Morgan fingerprint density at radius 3 is 2.75 bits per heavy atom. The molecule has 1 amide bonds. The number of nitrogens with one attached hydrogen (secondary N) is 2. The molecule has 1 aliphatic heterocycles. The van der Waals surface area contributed by atoms with Crippen molar-refractivity contribution in [2.45, 2.75) is 44.2 Å². The highest BCUT2D eigenvalue weighted by molar-refractivity contribution is 5.84. The summed E-state index contributed by atoms with van der Waals surface area (Å²) in [5, 5.41) is 13.4. The monoisotopic (exact) mass is 226 g/mol. The van der Waals surface area contributed by atoms with E-state index < -0.39 is 12.0 Å². The minimum atomic E-state index is -1.13. The number of piperazine rings is 1. The first kappa shape index (κ1) is 11.4. The maximum atomic E-state index is 11.7. The lowest BCUT2D eigenvalue weighted by molar-refractivity contribution is -0.941. The Labute approximate surface area is 94.8 Å². The second-order valence-corrected chi connectivity index (χ2v) is 4.73. The van der Waals surface area contributed by atoms with Gasteiger partial charge < -0.3 is 20.1 Å². The third-order valence-corrected chi connectivity index (χ3v) is 3.73. The fourth-order valence-electron chi connectivity index (χ4n) is 2.97. The van der Waals surface area contributed by atoms with E-state index in [0.717, 1.165) is 24.3 Å². The summed E-state index contributed by atoms with van der Waals surface area (Å²) < 4.78 is 0. The summed E-state index contributed by atoms with van der Waals surface area (Å²) in [5.74, 6) is -1.25. The molecule has 1 aliphatic carbocycles. The van der Waals surface area contributed by atoms with Crippen LogP contribution in [0.3, 0.4) is 0 Å². The van der Waals surface area contributed by atoms with Crippen molar-refractivity contribution >= 4 is 11.9 Å². The highest BCUT2D eigenvalue weighted by Crippen LogP contribution is 2.16. The number of aliphatic carboxylic acids is 1. The van der Waals surface area contributed by atoms with Gasteiger partial charge in [-0.3, -0.25) is 4.79 Å². The number of quaternary nitrogens is 1. The first-order valence-electron chi connectivity index (χ1n) is 6.01. The molecular formula is C11H18N2O3. The molecule has 2 atom stereocenters. The molecule has 1 unspecified atom stereocenters. The molecule has 0 bridgehead atoms. The van der Waals surface area contributed by atoms with Gasteiger partial charge in [0.15, 0.2) is 6.04 Å². The number of hydrogen-bond acceptors (Lipinski definition) is 3. The fraction of sp³-hybridized carbons (Fsp3) is 0.818. The molecule has 1 saturated heterocycles. The average molecular weight is 226 g/mol. The maximum absolute atomic E-state index is 11.7. The molecule has 2 N–H and O–H groups in total. The number of rotatable bonds is 3. The minimum Gasteiger partial charge on any atom is -0.550 e. The molecule has 1 heterocycles. The molecule has 90 valence electrons. The lowest BCUT2D eigenvalue weighted by atomic mass is 10.0. The van der Waals surface area contributed by atoms with Crippen molar-refractivity contribution in [3.05, 3.63) is 0 Å². The van der Waals surface area contributed by atoms with Gasteiger partial charge in [0.25, 0.3) is 5.91 Å². The van der Waals surface area contributed by atoms with Gasteiger partial charge in [-0.25, -0.2) is 0 Å². The second-order valence-electron chi connectivity index (χ2n) is 4.73. The van der Waals surface area contributed by atoms with Crippen molar-refractivity contribution < 1.29 is 19.6 Å². The zero-order valence-electron chi connectivity index (χ0n) is 9.33. The molecular weight excluding hydrogens is 208 g/mol. The summed E-state index contributed by atoms with van der Waals surface area (Å²) in [6.07, 6.45) is 4.48. The number of hydrogen-bond donors (Lipinski definition) is 2. The number of carboxylic acid groups (broad SMARTS) is 1. The summed E-state index contributed by atoms with van der Waals surface area (Å²) in [5.41, 5.74) is 0. The van der Waals surface area contributed by atoms with E-state index in [9.17, 15) is 14.7 Å². The van der Waals surface area contributed by atoms with Crippen molar-refractivity contribution in [1.82, 2.24) is 5.32 Å². The van der Waals surface area contributed by atoms with E-state index in [-0.39, 0.29) is 12.3 Å². The molecule has 16 heavy (non-hydrogen) atoms. The van der Waals surface area contributed by atoms with Gasteiger partial charge in [0.2, 0.25) is 0 Å². The van der Waals surface area contributed by atoms with Gasteiger partial charge in [-0.05, 0) is 25.7 Å². The quantitative estimate of drug-likeness (QED) is 0.556. The molecule has 5 nitrogen and oxygen atoms in total. The predicted octanol–water partition coefficient (Wildman–Crippen LogP) is -2.55. The smallest absolute Gasteiger partial charge is 0.278 e. The normalized spacial score (nSPS) is 31.4. The van der Waals surface area contributed by atoms with Crippen molar-refractivity contribution in [1.29, 1.82) is 0 Å². The Balaban J connectivity index is 2.06. The van der Waals surface area contributed by atoms with Crippen molar-refractivity contribution in [2.75, 3.05) is 13.1 Å². The van der Waals surface area contributed by atoms with Crippen molar-refractivity contribution in [3.8, 4) is 0 Å². The van der Waals surface area contributed by atoms with Crippen LogP contribution in [0.15, 0.2) is 0 Å². The van der Waals surface area contributed by atoms with Crippen LogP contribution in [0.5, 0.6) is 0 Å². The molecule has 0 radical (unpaired) electrons. The van der Waals surface area contributed by atoms with Gasteiger partial charge in [-0.2, -0.15) is 0 Å². The first-order valence-corrected chi connectivity index (χ1v) is 6.01. The number of amides is 1. The molecule has 2 fully saturated rings. The summed E-state index contributed by atoms with van der Waals surface area (Å²) in [7, 11) is 0. The molecule has 5 heteroatoms. The van der Waals surface area contributed by atoms with Gasteiger partial charge >= 0.3 is 0 Å². The standard InChI is InChI=1S/C11H18N2O3/c14-10(15)7-9-11(16)12-5-6-13(9)8-3-1-2-4-8/h8-9H,1-7H2,(H,12,16)(H,14,15)/t9-/m1/s1. The average Bonchev–Trinajstić information content (AvgIpc) is 2.73. The Morgan fingerprint density at radius 2 is 2.12 bits per heavy atom. The topological polar surface area (TPSA) is 73.7 Å². The molecule has 0 aromatic heterocycles. The molecule has 1 saturated carbocycles. The third-order valence-electron chi connectivity index (χ3n) is 3.73. The van der Waals surface area contributed by atoms with E-state index in [1.165, 1.54) is 12.8 Å². The van der Waals surface area contributed by atoms with Gasteiger partial charge in [0, 0.05) is 12.4 Å². The SMILES string of the molecule is O=C([O-])C[C@@H]1C(=O)NCC[NH+]1C1CCCC1. The van der Waals surface area contributed by atoms with Crippen molar-refractivity contribution in [2.24, 2.45) is 0 Å². The molecule has 0 spiro atoms. The van der Waals surface area contributed by atoms with E-state index in [1.807, 2.05) is 0 Å². The van der Waals surface area contributed by atoms with E-state index in [1.54, 1.807) is 0 Å². The van der Waals surface area contributed by atoms with Crippen LogP contribution >= 0.6 is 0 Å². The third kappa shape index (κ3) is 2.35. The zero-order valence-corrected chi connectivity index (χ0v) is 9.33. The highest BCUT2D eigenvalue weighted by atomic mass is 16.4. The van der Waals surface area contributed by atoms with Gasteiger partial charge in [0.05, 0.1) is 19.1 Å². The van der Waals surface area contributed by atoms with E-state index in [4.69, 9.17) is 0 Å². The highest BCUT2D eigenvalue weighted by Gasteiger charge is 2.39. The van der Waals surface area contributed by atoms with Crippen LogP contribution in [-0.2, 0) is 9.59 Å². The summed E-state index contributed by atoms with van der Waals surface area (Å²) in [6, 6.07) is 0.0252. The predicted molar refractivity (Wildman–Crippen MR) is 54.5 cm³/mol. The number of carboxylic acids is 1. The van der Waals surface area contributed by atoms with Crippen LogP contribution < -0.4 is 15.3 Å². The second kappa shape index (κ2) is 4.82. The largest absolute Gasteiger partial charge is 0.550 e. The molecule has 2 rings (SSSR count). The minimum absolute atomic E-state index is 0.127. The molecule has 0 aromatic rings. The lowest BCUT2D eigenvalue weighted by Gasteiger charge is -2.36. The van der Waals surface area contributed by atoms with Gasteiger partial charge in [0.1, 0.15) is 0 Å². The number of carbonyl (C=O) groups excluding carboxylic acids is 2. The van der Waals surface area contributed by atoms with E-state index in [2.05, 4.69) is 5.32 Å². The van der Waals surface area contributed by atoms with E-state index in [0.29, 0.717) is 12.6 Å². The Kier molecular flexibility index (Phi) is 3.43. The first-order chi connectivity index (χ1) is 7.68. The van der Waals surface area contributed by atoms with Crippen LogP contribution in [0, 0.1) is 0 Å². The van der Waals surface area contributed by atoms with Crippen LogP contribution in [0.25, 0.3) is 0 Å². The Morgan fingerprint density at radius 1 is 1.44 bits per heavy atom. The Bertz CT molecular complexity index is 287. The van der Waals surface area contributed by atoms with Crippen LogP contribution in [0.1, 0.15) is 32.1 Å². The maximum Gasteiger partial charge on any atom is 0.278 e. The van der Waals surface area contributed by atoms with Gasteiger partial charge in [-0.15, -0.1) is 0 Å². The lowest BCUT2D eigenvalue weighted by Crippen LogP contribution is -3.22. The summed E-state index contributed by atoms with van der Waals surface area (Å²) in [4.78, 5) is 23.5. The molecule has 2 aliphatic rings. The van der Waals surface area contributed by atoms with E-state index >= 15 is 0 Å². The zero-order chi connectivity index (χ0) is 11.5. The van der Waals surface area contributed by atoms with Crippen molar-refractivity contribution in [3.63, 3.8) is 0 Å². The van der Waals surface area contributed by atoms with Crippen LogP contribution in [0.4, 0.5) is 0 Å². The van der Waals surface area contributed by atoms with Crippen LogP contribution in [-0.4, -0.2) is 37.0 Å². The van der Waals surface area contributed by atoms with Crippen LogP contribution in [0.2, 0.25) is 0 Å². The Hall–Kier alpha value is -1.10. The number of carbonyl (C=O) groups is 2. The summed E-state index contributed by atoms with van der Waals surface area (Å²) >= 11 is 0. The molecule has 0 aromatic carbocycles. The fourth-order valence-corrected chi connectivity index (χ4v) is 2.97. The summed E-state index contributed by atoms with van der Waals surface area (Å²) in [6.45, 7) is 1.50.